The molecule has 0 aliphatic heterocycles. The molecule has 0 bridgehead atoms. The van der Waals surface area contributed by atoms with E-state index in [0.717, 1.165) is 19.3 Å². The van der Waals surface area contributed by atoms with Crippen LogP contribution in [0.2, 0.25) is 0 Å². The van der Waals surface area contributed by atoms with Crippen molar-refractivity contribution in [2.24, 2.45) is 0 Å². The minimum Gasteiger partial charge on any atom is -0.300 e. The van der Waals surface area contributed by atoms with Gasteiger partial charge in [-0.1, -0.05) is 26.2 Å². The fourth-order valence-electron chi connectivity index (χ4n) is 0.664. The molecule has 0 saturated heterocycles. The maximum Gasteiger partial charge on any atom is 0.152 e. The molecule has 0 aliphatic rings. The summed E-state index contributed by atoms with van der Waals surface area (Å²) in [6.07, 6.45) is 3.07. The molecule has 53 valence electrons. The van der Waals surface area contributed by atoms with Crippen LogP contribution in [0.25, 0.3) is 0 Å². The fourth-order valence-corrected chi connectivity index (χ4v) is 0.664. The molecule has 0 aromatic heterocycles. The van der Waals surface area contributed by atoms with Gasteiger partial charge in [0.2, 0.25) is 0 Å². The highest BCUT2D eigenvalue weighted by molar-refractivity contribution is 5.55. The van der Waals surface area contributed by atoms with Gasteiger partial charge < -0.3 is 4.79 Å². The summed E-state index contributed by atoms with van der Waals surface area (Å²) in [6, 6.07) is 0. The third-order valence-corrected chi connectivity index (χ3v) is 1.24. The summed E-state index contributed by atoms with van der Waals surface area (Å²) >= 11 is 0. The fraction of sp³-hybridized carbons (Fsp3) is 0.857. The van der Waals surface area contributed by atoms with Gasteiger partial charge in [0.05, 0.1) is 0 Å². The molecular formula is C7H13O2. The number of aldehydes is 1. The van der Waals surface area contributed by atoms with E-state index in [1.165, 1.54) is 0 Å². The first-order chi connectivity index (χ1) is 4.31. The predicted molar refractivity (Wildman–Crippen MR) is 34.7 cm³/mol. The quantitative estimate of drug-likeness (QED) is 0.410. The molecule has 0 aliphatic carbocycles. The Morgan fingerprint density at radius 3 is 2.56 bits per heavy atom. The highest BCUT2D eigenvalue weighted by Gasteiger charge is 2.00. The molecule has 1 unspecified atom stereocenters. The minimum atomic E-state index is -0.975. The first kappa shape index (κ1) is 8.63. The number of hydrogen-bond donors (Lipinski definition) is 0. The SMILES string of the molecule is CCCCCC([O])C=O. The molecule has 1 radical (unpaired) electrons. The second-order valence-electron chi connectivity index (χ2n) is 2.17. The van der Waals surface area contributed by atoms with Gasteiger partial charge in [0.25, 0.3) is 0 Å². The Kier molecular flexibility index (Phi) is 5.52. The van der Waals surface area contributed by atoms with E-state index in [0.29, 0.717) is 12.7 Å². The molecular weight excluding hydrogens is 116 g/mol. The summed E-state index contributed by atoms with van der Waals surface area (Å²) in [7, 11) is 0. The molecule has 1 atom stereocenters. The van der Waals surface area contributed by atoms with E-state index in [9.17, 15) is 9.90 Å². The Balaban J connectivity index is 2.96. The smallest absolute Gasteiger partial charge is 0.152 e. The van der Waals surface area contributed by atoms with Gasteiger partial charge >= 0.3 is 0 Å². The zero-order valence-electron chi connectivity index (χ0n) is 5.80. The summed E-state index contributed by atoms with van der Waals surface area (Å²) in [6.45, 7) is 2.07. The summed E-state index contributed by atoms with van der Waals surface area (Å²) < 4.78 is 0. The molecule has 2 nitrogen and oxygen atoms in total. The summed E-state index contributed by atoms with van der Waals surface area (Å²) in [5.74, 6) is 0. The van der Waals surface area contributed by atoms with E-state index >= 15 is 0 Å². The van der Waals surface area contributed by atoms with E-state index in [1.54, 1.807) is 0 Å². The lowest BCUT2D eigenvalue weighted by molar-refractivity contribution is -0.118. The van der Waals surface area contributed by atoms with Crippen molar-refractivity contribution in [2.45, 2.75) is 38.7 Å². The Morgan fingerprint density at radius 1 is 1.44 bits per heavy atom. The topological polar surface area (TPSA) is 37.0 Å². The van der Waals surface area contributed by atoms with Gasteiger partial charge in [-0.15, -0.1) is 0 Å². The number of carbonyl (C=O) groups excluding carboxylic acids is 1. The number of carbonyl (C=O) groups is 1. The second kappa shape index (κ2) is 5.76. The zero-order chi connectivity index (χ0) is 7.11. The molecule has 9 heavy (non-hydrogen) atoms. The van der Waals surface area contributed by atoms with Crippen LogP contribution in [-0.4, -0.2) is 12.4 Å². The summed E-state index contributed by atoms with van der Waals surface area (Å²) in [5.41, 5.74) is 0. The first-order valence-electron chi connectivity index (χ1n) is 3.42. The molecule has 0 fully saturated rings. The molecule has 0 aromatic rings. The molecule has 0 N–H and O–H groups in total. The summed E-state index contributed by atoms with van der Waals surface area (Å²) in [5, 5.41) is 10.4. The van der Waals surface area contributed by atoms with Crippen molar-refractivity contribution in [3.63, 3.8) is 0 Å². The van der Waals surface area contributed by atoms with Gasteiger partial charge in [-0.05, 0) is 6.42 Å². The minimum absolute atomic E-state index is 0.482. The second-order valence-corrected chi connectivity index (χ2v) is 2.17. The van der Waals surface area contributed by atoms with Crippen LogP contribution in [0.5, 0.6) is 0 Å². The maximum atomic E-state index is 10.4. The van der Waals surface area contributed by atoms with Crippen molar-refractivity contribution in [1.82, 2.24) is 0 Å². The van der Waals surface area contributed by atoms with Crippen molar-refractivity contribution in [2.75, 3.05) is 0 Å². The van der Waals surface area contributed by atoms with Crippen LogP contribution in [0.3, 0.4) is 0 Å². The van der Waals surface area contributed by atoms with Crippen LogP contribution in [0.1, 0.15) is 32.6 Å². The lowest BCUT2D eigenvalue weighted by atomic mass is 10.1. The van der Waals surface area contributed by atoms with Gasteiger partial charge in [-0.3, -0.25) is 0 Å². The third kappa shape index (κ3) is 5.50. The van der Waals surface area contributed by atoms with Crippen LogP contribution in [0.15, 0.2) is 0 Å². The zero-order valence-corrected chi connectivity index (χ0v) is 5.80. The molecule has 0 rings (SSSR count). The van der Waals surface area contributed by atoms with Crippen LogP contribution in [-0.2, 0) is 9.90 Å². The van der Waals surface area contributed by atoms with Crippen molar-refractivity contribution in [1.29, 1.82) is 0 Å². The van der Waals surface area contributed by atoms with Crippen molar-refractivity contribution in [3.8, 4) is 0 Å². The van der Waals surface area contributed by atoms with Gasteiger partial charge in [-0.25, -0.2) is 5.11 Å². The van der Waals surface area contributed by atoms with Crippen molar-refractivity contribution >= 4 is 6.29 Å². The number of rotatable bonds is 5. The summed E-state index contributed by atoms with van der Waals surface area (Å²) in [4.78, 5) is 9.79. The molecule has 0 spiro atoms. The lowest BCUT2D eigenvalue weighted by Crippen LogP contribution is -2.04. The van der Waals surface area contributed by atoms with Gasteiger partial charge in [0, 0.05) is 0 Å². The van der Waals surface area contributed by atoms with E-state index in [-0.39, 0.29) is 0 Å². The van der Waals surface area contributed by atoms with Crippen molar-refractivity contribution in [3.05, 3.63) is 0 Å². The van der Waals surface area contributed by atoms with E-state index in [2.05, 4.69) is 6.92 Å². The molecule has 0 heterocycles. The van der Waals surface area contributed by atoms with Crippen LogP contribution < -0.4 is 0 Å². The van der Waals surface area contributed by atoms with Crippen molar-refractivity contribution < 1.29 is 9.90 Å². The Labute approximate surface area is 55.9 Å². The van der Waals surface area contributed by atoms with Gasteiger partial charge in [0.1, 0.15) is 6.10 Å². The van der Waals surface area contributed by atoms with E-state index in [4.69, 9.17) is 0 Å². The first-order valence-corrected chi connectivity index (χ1v) is 3.42. The highest BCUT2D eigenvalue weighted by atomic mass is 16.3. The monoisotopic (exact) mass is 129 g/mol. The average Bonchev–Trinajstić information content (AvgIpc) is 1.89. The maximum absolute atomic E-state index is 10.4. The van der Waals surface area contributed by atoms with Crippen LogP contribution >= 0.6 is 0 Å². The normalized spacial score (nSPS) is 13.1. The standard InChI is InChI=1S/C7H13O2/c1-2-3-4-5-7(9)6-8/h6-7H,2-5H2,1H3. The Bertz CT molecular complexity index is 71.3. The van der Waals surface area contributed by atoms with Crippen LogP contribution in [0.4, 0.5) is 0 Å². The van der Waals surface area contributed by atoms with Gasteiger partial charge in [-0.2, -0.15) is 0 Å². The lowest BCUT2D eigenvalue weighted by Gasteiger charge is -1.96. The highest BCUT2D eigenvalue weighted by Crippen LogP contribution is 2.01. The molecule has 2 heteroatoms. The van der Waals surface area contributed by atoms with Gasteiger partial charge in [0.15, 0.2) is 6.29 Å². The van der Waals surface area contributed by atoms with E-state index in [1.807, 2.05) is 0 Å². The number of hydrogen-bond acceptors (Lipinski definition) is 1. The average molecular weight is 129 g/mol. The Hall–Kier alpha value is -0.370. The largest absolute Gasteiger partial charge is 0.300 e. The molecule has 0 saturated carbocycles. The number of unbranched alkanes of at least 4 members (excludes halogenated alkanes) is 2. The van der Waals surface area contributed by atoms with Crippen LogP contribution in [0, 0.1) is 0 Å². The third-order valence-electron chi connectivity index (χ3n) is 1.24. The predicted octanol–water partition coefficient (Wildman–Crippen LogP) is 1.56. The van der Waals surface area contributed by atoms with E-state index < -0.39 is 6.10 Å². The molecule has 0 amide bonds. The molecule has 0 aromatic carbocycles. The Morgan fingerprint density at radius 2 is 2.11 bits per heavy atom.